The first kappa shape index (κ1) is 12.8. The fourth-order valence-electron chi connectivity index (χ4n) is 2.73. The SMILES string of the molecule is COc1nc(NC2CCc3ccccc3C2)ccc1N. The number of nitrogens with two attached hydrogens (primary N) is 1. The predicted molar refractivity (Wildman–Crippen MR) is 81.1 cm³/mol. The first-order chi connectivity index (χ1) is 9.76. The fourth-order valence-corrected chi connectivity index (χ4v) is 2.73. The van der Waals surface area contributed by atoms with Gasteiger partial charge in [0, 0.05) is 6.04 Å². The molecule has 0 bridgehead atoms. The van der Waals surface area contributed by atoms with E-state index in [1.54, 1.807) is 7.11 Å². The first-order valence-corrected chi connectivity index (χ1v) is 6.90. The lowest BCUT2D eigenvalue weighted by Crippen LogP contribution is -2.27. The van der Waals surface area contributed by atoms with Crippen molar-refractivity contribution in [3.8, 4) is 5.88 Å². The van der Waals surface area contributed by atoms with Crippen molar-refractivity contribution < 1.29 is 4.74 Å². The maximum Gasteiger partial charge on any atom is 0.238 e. The molecule has 2 aromatic rings. The van der Waals surface area contributed by atoms with Gasteiger partial charge in [0.25, 0.3) is 0 Å². The Morgan fingerprint density at radius 3 is 2.80 bits per heavy atom. The van der Waals surface area contributed by atoms with E-state index >= 15 is 0 Å². The number of nitrogens with zero attached hydrogens (tertiary/aromatic N) is 1. The van der Waals surface area contributed by atoms with Crippen LogP contribution in [0.2, 0.25) is 0 Å². The van der Waals surface area contributed by atoms with E-state index in [4.69, 9.17) is 10.5 Å². The number of hydrogen-bond donors (Lipinski definition) is 2. The van der Waals surface area contributed by atoms with E-state index < -0.39 is 0 Å². The van der Waals surface area contributed by atoms with E-state index in [2.05, 4.69) is 34.6 Å². The summed E-state index contributed by atoms with van der Waals surface area (Å²) in [6, 6.07) is 12.8. The Labute approximate surface area is 119 Å². The number of nitrogen functional groups attached to an aromatic ring is 1. The molecule has 0 saturated heterocycles. The minimum atomic E-state index is 0.408. The quantitative estimate of drug-likeness (QED) is 0.899. The summed E-state index contributed by atoms with van der Waals surface area (Å²) in [4.78, 5) is 4.38. The Morgan fingerprint density at radius 1 is 1.20 bits per heavy atom. The van der Waals surface area contributed by atoms with Crippen LogP contribution >= 0.6 is 0 Å². The smallest absolute Gasteiger partial charge is 0.238 e. The van der Waals surface area contributed by atoms with Crippen molar-refractivity contribution in [1.29, 1.82) is 0 Å². The van der Waals surface area contributed by atoms with Gasteiger partial charge in [-0.05, 0) is 42.5 Å². The number of nitrogens with one attached hydrogen (secondary N) is 1. The average Bonchev–Trinajstić information content (AvgIpc) is 2.49. The Morgan fingerprint density at radius 2 is 2.00 bits per heavy atom. The highest BCUT2D eigenvalue weighted by Gasteiger charge is 2.18. The fraction of sp³-hybridized carbons (Fsp3) is 0.312. The monoisotopic (exact) mass is 269 g/mol. The van der Waals surface area contributed by atoms with Crippen molar-refractivity contribution in [3.05, 3.63) is 47.5 Å². The number of pyridine rings is 1. The van der Waals surface area contributed by atoms with Crippen LogP contribution in [-0.2, 0) is 12.8 Å². The van der Waals surface area contributed by atoms with Gasteiger partial charge in [-0.25, -0.2) is 0 Å². The lowest BCUT2D eigenvalue weighted by atomic mass is 9.88. The van der Waals surface area contributed by atoms with Crippen LogP contribution in [0.1, 0.15) is 17.5 Å². The Balaban J connectivity index is 1.73. The summed E-state index contributed by atoms with van der Waals surface area (Å²) in [6.07, 6.45) is 3.26. The molecule has 4 heteroatoms. The van der Waals surface area contributed by atoms with Gasteiger partial charge in [-0.15, -0.1) is 0 Å². The molecule has 1 aromatic heterocycles. The first-order valence-electron chi connectivity index (χ1n) is 6.90. The van der Waals surface area contributed by atoms with Crippen LogP contribution in [0.5, 0.6) is 5.88 Å². The molecule has 20 heavy (non-hydrogen) atoms. The summed E-state index contributed by atoms with van der Waals surface area (Å²) >= 11 is 0. The van der Waals surface area contributed by atoms with E-state index in [1.807, 2.05) is 12.1 Å². The average molecular weight is 269 g/mol. The summed E-state index contributed by atoms with van der Waals surface area (Å²) in [7, 11) is 1.58. The lowest BCUT2D eigenvalue weighted by Gasteiger charge is -2.26. The third-order valence-electron chi connectivity index (χ3n) is 3.78. The van der Waals surface area contributed by atoms with Crippen molar-refractivity contribution in [2.45, 2.75) is 25.3 Å². The Bertz CT molecular complexity index is 612. The second-order valence-electron chi connectivity index (χ2n) is 5.15. The molecule has 4 nitrogen and oxygen atoms in total. The van der Waals surface area contributed by atoms with Crippen LogP contribution < -0.4 is 15.8 Å². The molecule has 0 amide bonds. The molecule has 1 unspecified atom stereocenters. The van der Waals surface area contributed by atoms with Crippen LogP contribution in [0.15, 0.2) is 36.4 Å². The predicted octanol–water partition coefficient (Wildman–Crippen LogP) is 2.64. The van der Waals surface area contributed by atoms with E-state index in [0.29, 0.717) is 17.6 Å². The van der Waals surface area contributed by atoms with Gasteiger partial charge in [0.2, 0.25) is 5.88 Å². The number of fused-ring (bicyclic) bond motifs is 1. The summed E-state index contributed by atoms with van der Waals surface area (Å²) in [5.74, 6) is 1.30. The summed E-state index contributed by atoms with van der Waals surface area (Å²) < 4.78 is 5.15. The van der Waals surface area contributed by atoms with Crippen LogP contribution in [-0.4, -0.2) is 18.1 Å². The molecule has 3 N–H and O–H groups in total. The van der Waals surface area contributed by atoms with Gasteiger partial charge in [-0.1, -0.05) is 24.3 Å². The number of aryl methyl sites for hydroxylation is 1. The molecule has 1 aliphatic rings. The normalized spacial score (nSPS) is 17.4. The third-order valence-corrected chi connectivity index (χ3v) is 3.78. The number of rotatable bonds is 3. The standard InChI is InChI=1S/C16H19N3O/c1-20-16-14(17)8-9-15(19-16)18-13-7-6-11-4-2-3-5-12(11)10-13/h2-5,8-9,13H,6-7,10,17H2,1H3,(H,18,19). The highest BCUT2D eigenvalue weighted by molar-refractivity contribution is 5.54. The highest BCUT2D eigenvalue weighted by atomic mass is 16.5. The van der Waals surface area contributed by atoms with E-state index in [9.17, 15) is 0 Å². The van der Waals surface area contributed by atoms with Crippen LogP contribution in [0.3, 0.4) is 0 Å². The molecule has 0 spiro atoms. The van der Waals surface area contributed by atoms with Gasteiger partial charge in [-0.3, -0.25) is 0 Å². The highest BCUT2D eigenvalue weighted by Crippen LogP contribution is 2.25. The molecule has 1 aromatic carbocycles. The molecule has 1 atom stereocenters. The molecule has 1 aliphatic carbocycles. The van der Waals surface area contributed by atoms with Crippen LogP contribution in [0, 0.1) is 0 Å². The van der Waals surface area contributed by atoms with E-state index in [-0.39, 0.29) is 0 Å². The van der Waals surface area contributed by atoms with Crippen molar-refractivity contribution >= 4 is 11.5 Å². The van der Waals surface area contributed by atoms with E-state index in [0.717, 1.165) is 25.1 Å². The number of methoxy groups -OCH3 is 1. The molecule has 0 radical (unpaired) electrons. The van der Waals surface area contributed by atoms with Gasteiger partial charge in [0.15, 0.2) is 0 Å². The van der Waals surface area contributed by atoms with Gasteiger partial charge in [0.05, 0.1) is 12.8 Å². The maximum atomic E-state index is 5.78. The molecule has 0 saturated carbocycles. The minimum Gasteiger partial charge on any atom is -0.479 e. The molecule has 104 valence electrons. The topological polar surface area (TPSA) is 60.2 Å². The Kier molecular flexibility index (Phi) is 3.46. The van der Waals surface area contributed by atoms with Gasteiger partial charge >= 0.3 is 0 Å². The summed E-state index contributed by atoms with van der Waals surface area (Å²) in [6.45, 7) is 0. The van der Waals surface area contributed by atoms with Crippen LogP contribution in [0.25, 0.3) is 0 Å². The molecule has 0 aliphatic heterocycles. The maximum absolute atomic E-state index is 5.78. The molecule has 0 fully saturated rings. The molecular weight excluding hydrogens is 250 g/mol. The molecule has 3 rings (SSSR count). The second kappa shape index (κ2) is 5.41. The molecule has 1 heterocycles. The lowest BCUT2D eigenvalue weighted by molar-refractivity contribution is 0.400. The van der Waals surface area contributed by atoms with Crippen LogP contribution in [0.4, 0.5) is 11.5 Å². The number of anilines is 2. The molecular formula is C16H19N3O. The van der Waals surface area contributed by atoms with Crippen molar-refractivity contribution in [2.75, 3.05) is 18.2 Å². The zero-order valence-corrected chi connectivity index (χ0v) is 11.6. The zero-order chi connectivity index (χ0) is 13.9. The van der Waals surface area contributed by atoms with Gasteiger partial charge in [-0.2, -0.15) is 4.98 Å². The van der Waals surface area contributed by atoms with Gasteiger partial charge < -0.3 is 15.8 Å². The third kappa shape index (κ3) is 2.54. The summed E-state index contributed by atoms with van der Waals surface area (Å²) in [5, 5.41) is 3.48. The Hall–Kier alpha value is -2.23. The van der Waals surface area contributed by atoms with Crippen molar-refractivity contribution in [3.63, 3.8) is 0 Å². The number of aromatic nitrogens is 1. The van der Waals surface area contributed by atoms with Crippen molar-refractivity contribution in [1.82, 2.24) is 4.98 Å². The minimum absolute atomic E-state index is 0.408. The zero-order valence-electron chi connectivity index (χ0n) is 11.6. The second-order valence-corrected chi connectivity index (χ2v) is 5.15. The summed E-state index contributed by atoms with van der Waals surface area (Å²) in [5.41, 5.74) is 9.24. The largest absolute Gasteiger partial charge is 0.479 e. The van der Waals surface area contributed by atoms with Gasteiger partial charge in [0.1, 0.15) is 5.82 Å². The number of benzene rings is 1. The number of ether oxygens (including phenoxy) is 1. The van der Waals surface area contributed by atoms with Crippen molar-refractivity contribution in [2.24, 2.45) is 0 Å². The van der Waals surface area contributed by atoms with E-state index in [1.165, 1.54) is 11.1 Å². The number of hydrogen-bond acceptors (Lipinski definition) is 4.